The Bertz CT molecular complexity index is 384. The fourth-order valence-electron chi connectivity index (χ4n) is 2.27. The highest BCUT2D eigenvalue weighted by molar-refractivity contribution is 6.28. The molecule has 94 valence electrons. The first-order valence-electron chi connectivity index (χ1n) is 5.92. The van der Waals surface area contributed by atoms with Crippen LogP contribution in [-0.2, 0) is 11.3 Å². The molecule has 1 aromatic rings. The summed E-state index contributed by atoms with van der Waals surface area (Å²) in [5.41, 5.74) is 5.29. The quantitative estimate of drug-likeness (QED) is 0.867. The number of amides is 1. The fourth-order valence-corrected chi connectivity index (χ4v) is 2.44. The molecule has 1 aliphatic rings. The molecule has 1 fully saturated rings. The normalized spacial score (nSPS) is 24.8. The number of furan rings is 1. The summed E-state index contributed by atoms with van der Waals surface area (Å²) in [5.74, 6) is 0.736. The van der Waals surface area contributed by atoms with Gasteiger partial charge >= 0.3 is 0 Å². The summed E-state index contributed by atoms with van der Waals surface area (Å²) in [7, 11) is 0. The summed E-state index contributed by atoms with van der Waals surface area (Å²) in [6, 6.07) is 4.04. The lowest BCUT2D eigenvalue weighted by Gasteiger charge is -2.27. The van der Waals surface area contributed by atoms with Gasteiger partial charge in [0, 0.05) is 12.0 Å². The van der Waals surface area contributed by atoms with E-state index in [1.807, 2.05) is 6.07 Å². The van der Waals surface area contributed by atoms with Crippen LogP contribution >= 0.6 is 11.6 Å². The molecule has 0 aromatic carbocycles. The summed E-state index contributed by atoms with van der Waals surface area (Å²) in [6.07, 6.45) is 3.74. The van der Waals surface area contributed by atoms with Crippen molar-refractivity contribution in [1.82, 2.24) is 5.32 Å². The number of carbonyl (C=O) groups excluding carboxylic acids is 1. The van der Waals surface area contributed by atoms with Crippen LogP contribution < -0.4 is 11.1 Å². The van der Waals surface area contributed by atoms with Crippen LogP contribution in [-0.4, -0.2) is 11.9 Å². The molecule has 4 nitrogen and oxygen atoms in total. The van der Waals surface area contributed by atoms with E-state index in [1.54, 1.807) is 6.07 Å². The highest BCUT2D eigenvalue weighted by Crippen LogP contribution is 2.24. The molecular weight excluding hydrogens is 240 g/mol. The second-order valence-electron chi connectivity index (χ2n) is 4.54. The maximum Gasteiger partial charge on any atom is 0.220 e. The third-order valence-corrected chi connectivity index (χ3v) is 3.53. The zero-order valence-corrected chi connectivity index (χ0v) is 10.4. The van der Waals surface area contributed by atoms with E-state index in [0.29, 0.717) is 17.8 Å². The second kappa shape index (κ2) is 5.56. The van der Waals surface area contributed by atoms with Crippen LogP contribution in [0.2, 0.25) is 5.22 Å². The first kappa shape index (κ1) is 12.5. The molecule has 1 aliphatic carbocycles. The minimum absolute atomic E-state index is 0.0612. The summed E-state index contributed by atoms with van der Waals surface area (Å²) < 4.78 is 5.26. The minimum atomic E-state index is -0.165. The molecule has 1 saturated carbocycles. The Balaban J connectivity index is 1.73. The maximum atomic E-state index is 11.0. The van der Waals surface area contributed by atoms with Gasteiger partial charge in [-0.3, -0.25) is 4.79 Å². The zero-order chi connectivity index (χ0) is 12.3. The summed E-state index contributed by atoms with van der Waals surface area (Å²) in [4.78, 5) is 11.0. The van der Waals surface area contributed by atoms with Gasteiger partial charge in [-0.2, -0.15) is 0 Å². The van der Waals surface area contributed by atoms with Gasteiger partial charge in [-0.15, -0.1) is 0 Å². The lowest BCUT2D eigenvalue weighted by Crippen LogP contribution is -2.36. The first-order valence-corrected chi connectivity index (χ1v) is 6.30. The molecule has 0 aliphatic heterocycles. The van der Waals surface area contributed by atoms with Crippen molar-refractivity contribution in [3.05, 3.63) is 23.1 Å². The van der Waals surface area contributed by atoms with Crippen molar-refractivity contribution in [2.75, 3.05) is 0 Å². The number of halogens is 1. The Morgan fingerprint density at radius 2 is 2.12 bits per heavy atom. The van der Waals surface area contributed by atoms with Crippen molar-refractivity contribution in [3.63, 3.8) is 0 Å². The van der Waals surface area contributed by atoms with Crippen molar-refractivity contribution in [1.29, 1.82) is 0 Å². The Morgan fingerprint density at radius 3 is 2.65 bits per heavy atom. The number of nitrogens with two attached hydrogens (primary N) is 1. The van der Waals surface area contributed by atoms with Crippen LogP contribution in [0.25, 0.3) is 0 Å². The largest absolute Gasteiger partial charge is 0.448 e. The molecule has 0 atom stereocenters. The Hall–Kier alpha value is -1.00. The van der Waals surface area contributed by atoms with Gasteiger partial charge < -0.3 is 15.5 Å². The average molecular weight is 257 g/mol. The standard InChI is InChI=1S/C12H17ClN2O2/c13-11-6-5-10(17-11)7-15-9-3-1-8(2-4-9)12(14)16/h5-6,8-9,15H,1-4,7H2,(H2,14,16). The molecule has 1 heterocycles. The number of nitrogens with one attached hydrogen (secondary N) is 1. The summed E-state index contributed by atoms with van der Waals surface area (Å²) >= 11 is 5.69. The zero-order valence-electron chi connectivity index (χ0n) is 9.62. The fraction of sp³-hybridized carbons (Fsp3) is 0.583. The van der Waals surface area contributed by atoms with Crippen LogP contribution in [0, 0.1) is 5.92 Å². The number of hydrogen-bond donors (Lipinski definition) is 2. The van der Waals surface area contributed by atoms with Crippen molar-refractivity contribution in [3.8, 4) is 0 Å². The van der Waals surface area contributed by atoms with Gasteiger partial charge in [0.15, 0.2) is 5.22 Å². The van der Waals surface area contributed by atoms with Crippen molar-refractivity contribution >= 4 is 17.5 Å². The number of primary amides is 1. The van der Waals surface area contributed by atoms with Crippen molar-refractivity contribution < 1.29 is 9.21 Å². The molecule has 0 spiro atoms. The summed E-state index contributed by atoms with van der Waals surface area (Å²) in [5, 5.41) is 3.82. The van der Waals surface area contributed by atoms with E-state index in [0.717, 1.165) is 31.4 Å². The number of hydrogen-bond acceptors (Lipinski definition) is 3. The Labute approximate surface area is 105 Å². The van der Waals surface area contributed by atoms with E-state index < -0.39 is 0 Å². The predicted octanol–water partition coefficient (Wildman–Crippen LogP) is 2.07. The lowest BCUT2D eigenvalue weighted by molar-refractivity contribution is -0.122. The molecule has 0 radical (unpaired) electrons. The Kier molecular flexibility index (Phi) is 4.07. The second-order valence-corrected chi connectivity index (χ2v) is 4.91. The Morgan fingerprint density at radius 1 is 1.41 bits per heavy atom. The molecule has 1 amide bonds. The van der Waals surface area contributed by atoms with Crippen molar-refractivity contribution in [2.24, 2.45) is 11.7 Å². The molecule has 5 heteroatoms. The maximum absolute atomic E-state index is 11.0. The molecular formula is C12H17ClN2O2. The van der Waals surface area contributed by atoms with Gasteiger partial charge in [-0.25, -0.2) is 0 Å². The average Bonchev–Trinajstić information content (AvgIpc) is 2.73. The first-order chi connectivity index (χ1) is 8.15. The monoisotopic (exact) mass is 256 g/mol. The van der Waals surface area contributed by atoms with E-state index in [-0.39, 0.29) is 11.8 Å². The summed E-state index contributed by atoms with van der Waals surface area (Å²) in [6.45, 7) is 0.679. The smallest absolute Gasteiger partial charge is 0.220 e. The van der Waals surface area contributed by atoms with Gasteiger partial charge in [-0.05, 0) is 49.4 Å². The van der Waals surface area contributed by atoms with E-state index in [4.69, 9.17) is 21.8 Å². The van der Waals surface area contributed by atoms with Crippen LogP contribution in [0.5, 0.6) is 0 Å². The van der Waals surface area contributed by atoms with Crippen LogP contribution in [0.3, 0.4) is 0 Å². The molecule has 0 bridgehead atoms. The third-order valence-electron chi connectivity index (χ3n) is 3.32. The highest BCUT2D eigenvalue weighted by atomic mass is 35.5. The number of rotatable bonds is 4. The van der Waals surface area contributed by atoms with Crippen LogP contribution in [0.4, 0.5) is 0 Å². The van der Waals surface area contributed by atoms with Gasteiger partial charge in [0.2, 0.25) is 5.91 Å². The van der Waals surface area contributed by atoms with Gasteiger partial charge in [0.1, 0.15) is 5.76 Å². The van der Waals surface area contributed by atoms with E-state index in [9.17, 15) is 4.79 Å². The highest BCUT2D eigenvalue weighted by Gasteiger charge is 2.24. The minimum Gasteiger partial charge on any atom is -0.448 e. The third kappa shape index (κ3) is 3.48. The van der Waals surface area contributed by atoms with E-state index in [1.165, 1.54) is 0 Å². The molecule has 0 unspecified atom stereocenters. The topological polar surface area (TPSA) is 68.3 Å². The molecule has 3 N–H and O–H groups in total. The van der Waals surface area contributed by atoms with Gasteiger partial charge in [-0.1, -0.05) is 0 Å². The van der Waals surface area contributed by atoms with Crippen LogP contribution in [0.15, 0.2) is 16.5 Å². The SMILES string of the molecule is NC(=O)C1CCC(NCc2ccc(Cl)o2)CC1. The molecule has 17 heavy (non-hydrogen) atoms. The molecule has 1 aromatic heterocycles. The lowest BCUT2D eigenvalue weighted by atomic mass is 9.85. The van der Waals surface area contributed by atoms with Gasteiger partial charge in [0.05, 0.1) is 6.54 Å². The predicted molar refractivity (Wildman–Crippen MR) is 65.5 cm³/mol. The van der Waals surface area contributed by atoms with Gasteiger partial charge in [0.25, 0.3) is 0 Å². The number of carbonyl (C=O) groups is 1. The molecule has 2 rings (SSSR count). The molecule has 0 saturated heterocycles. The van der Waals surface area contributed by atoms with E-state index >= 15 is 0 Å². The van der Waals surface area contributed by atoms with Crippen LogP contribution in [0.1, 0.15) is 31.4 Å². The van der Waals surface area contributed by atoms with E-state index in [2.05, 4.69) is 5.32 Å². The van der Waals surface area contributed by atoms with Crippen molar-refractivity contribution in [2.45, 2.75) is 38.3 Å².